The molecule has 5 heteroatoms. The van der Waals surface area contributed by atoms with Crippen molar-refractivity contribution in [3.05, 3.63) is 30.0 Å². The monoisotopic (exact) mass is 283 g/mol. The Labute approximate surface area is 122 Å². The van der Waals surface area contributed by atoms with E-state index in [-0.39, 0.29) is 12.4 Å². The summed E-state index contributed by atoms with van der Waals surface area (Å²) >= 11 is 0. The normalized spacial score (nSPS) is 11.2. The van der Waals surface area contributed by atoms with Gasteiger partial charge in [0.05, 0.1) is 11.1 Å². The first-order chi connectivity index (χ1) is 10.1. The smallest absolute Gasteiger partial charge is 0.223 e. The van der Waals surface area contributed by atoms with E-state index in [0.29, 0.717) is 5.88 Å². The highest BCUT2D eigenvalue weighted by molar-refractivity contribution is 6.08. The van der Waals surface area contributed by atoms with Crippen LogP contribution in [-0.4, -0.2) is 27.2 Å². The molecule has 0 bridgehead atoms. The van der Waals surface area contributed by atoms with Gasteiger partial charge < -0.3 is 4.74 Å². The van der Waals surface area contributed by atoms with Gasteiger partial charge in [0.15, 0.2) is 11.4 Å². The number of benzene rings is 1. The Morgan fingerprint density at radius 3 is 2.67 bits per heavy atom. The Kier molecular flexibility index (Phi) is 3.33. The fourth-order valence-corrected chi connectivity index (χ4v) is 2.54. The molecule has 1 aromatic carbocycles. The van der Waals surface area contributed by atoms with Gasteiger partial charge in [0, 0.05) is 12.4 Å². The summed E-state index contributed by atoms with van der Waals surface area (Å²) in [4.78, 5) is 15.7. The van der Waals surface area contributed by atoms with Crippen LogP contribution in [0.1, 0.15) is 19.5 Å². The molecule has 21 heavy (non-hydrogen) atoms. The number of hydrogen-bond donors (Lipinski definition) is 0. The molecule has 0 radical (unpaired) electrons. The van der Waals surface area contributed by atoms with E-state index in [1.54, 1.807) is 4.68 Å². The van der Waals surface area contributed by atoms with Gasteiger partial charge in [0.1, 0.15) is 6.61 Å². The maximum Gasteiger partial charge on any atom is 0.223 e. The van der Waals surface area contributed by atoms with Crippen molar-refractivity contribution in [3.63, 3.8) is 0 Å². The Hall–Kier alpha value is -2.43. The third kappa shape index (κ3) is 2.24. The topological polar surface area (TPSA) is 57.0 Å². The van der Waals surface area contributed by atoms with Gasteiger partial charge in [-0.05, 0) is 24.8 Å². The number of ketones is 1. The molecule has 3 aromatic rings. The third-order valence-corrected chi connectivity index (χ3v) is 3.47. The molecule has 5 nitrogen and oxygen atoms in total. The fraction of sp³-hybridized carbons (Fsp3) is 0.312. The summed E-state index contributed by atoms with van der Waals surface area (Å²) in [6.07, 6.45) is 0.844. The van der Waals surface area contributed by atoms with Crippen LogP contribution in [0.3, 0.4) is 0 Å². The first-order valence-corrected chi connectivity index (χ1v) is 6.98. The molecule has 2 aromatic heterocycles. The number of carbonyl (C=O) groups excluding carboxylic acids is 1. The van der Waals surface area contributed by atoms with Gasteiger partial charge in [-0.2, -0.15) is 10.1 Å². The van der Waals surface area contributed by atoms with Crippen LogP contribution in [0.25, 0.3) is 21.8 Å². The lowest BCUT2D eigenvalue weighted by Gasteiger charge is -2.08. The summed E-state index contributed by atoms with van der Waals surface area (Å²) in [5.41, 5.74) is 1.80. The first-order valence-electron chi connectivity index (χ1n) is 6.98. The lowest BCUT2D eigenvalue weighted by atomic mass is 10.1. The summed E-state index contributed by atoms with van der Waals surface area (Å²) in [5.74, 6) is 0.458. The number of aryl methyl sites for hydroxylation is 2. The molecule has 0 N–H and O–H groups in total. The van der Waals surface area contributed by atoms with Crippen LogP contribution in [0, 0.1) is 0 Å². The second kappa shape index (κ2) is 5.16. The van der Waals surface area contributed by atoms with E-state index in [2.05, 4.69) is 17.0 Å². The van der Waals surface area contributed by atoms with Crippen LogP contribution in [0.5, 0.6) is 5.88 Å². The Morgan fingerprint density at radius 1 is 1.29 bits per heavy atom. The van der Waals surface area contributed by atoms with Crippen LogP contribution < -0.4 is 4.74 Å². The molecule has 0 aliphatic rings. The number of rotatable bonds is 4. The third-order valence-electron chi connectivity index (χ3n) is 3.47. The maximum absolute atomic E-state index is 11.2. The number of pyridine rings is 1. The lowest BCUT2D eigenvalue weighted by Crippen LogP contribution is -2.08. The highest BCUT2D eigenvalue weighted by Gasteiger charge is 2.16. The summed E-state index contributed by atoms with van der Waals surface area (Å²) in [6, 6.07) is 7.94. The van der Waals surface area contributed by atoms with Crippen LogP contribution in [0.4, 0.5) is 0 Å². The van der Waals surface area contributed by atoms with Gasteiger partial charge in [-0.1, -0.05) is 25.1 Å². The lowest BCUT2D eigenvalue weighted by molar-refractivity contribution is -0.118. The predicted octanol–water partition coefficient (Wildman–Crippen LogP) is 2.65. The van der Waals surface area contributed by atoms with Gasteiger partial charge in [-0.15, -0.1) is 0 Å². The molecule has 0 saturated heterocycles. The number of nitrogens with zero attached hydrogens (tertiary/aromatic N) is 3. The molecule has 2 heterocycles. The summed E-state index contributed by atoms with van der Waals surface area (Å²) in [7, 11) is 1.87. The molecule has 0 amide bonds. The first kappa shape index (κ1) is 13.5. The zero-order valence-electron chi connectivity index (χ0n) is 12.4. The van der Waals surface area contributed by atoms with Crippen molar-refractivity contribution in [1.82, 2.24) is 14.8 Å². The average Bonchev–Trinajstić information content (AvgIpc) is 2.81. The summed E-state index contributed by atoms with van der Waals surface area (Å²) in [5, 5.41) is 7.56. The molecule has 0 saturated carbocycles. The van der Waals surface area contributed by atoms with E-state index >= 15 is 0 Å². The van der Waals surface area contributed by atoms with Crippen molar-refractivity contribution in [2.24, 2.45) is 7.05 Å². The van der Waals surface area contributed by atoms with E-state index in [1.807, 2.05) is 31.3 Å². The largest absolute Gasteiger partial charge is 0.469 e. The molecule has 108 valence electrons. The van der Waals surface area contributed by atoms with Crippen molar-refractivity contribution in [3.8, 4) is 5.88 Å². The Balaban J connectivity index is 2.32. The molecule has 0 aliphatic heterocycles. The van der Waals surface area contributed by atoms with E-state index in [0.717, 1.165) is 33.9 Å². The highest BCUT2D eigenvalue weighted by Crippen LogP contribution is 2.32. The summed E-state index contributed by atoms with van der Waals surface area (Å²) in [6.45, 7) is 3.61. The van der Waals surface area contributed by atoms with Crippen LogP contribution >= 0.6 is 0 Å². The highest BCUT2D eigenvalue weighted by atomic mass is 16.5. The minimum Gasteiger partial charge on any atom is -0.469 e. The number of ether oxygens (including phenoxy) is 1. The second-order valence-electron chi connectivity index (χ2n) is 5.08. The number of aromatic nitrogens is 3. The zero-order valence-corrected chi connectivity index (χ0v) is 12.4. The second-order valence-corrected chi connectivity index (χ2v) is 5.08. The molecular formula is C16H17N3O2. The minimum atomic E-state index is -0.0276. The van der Waals surface area contributed by atoms with Gasteiger partial charge >= 0.3 is 0 Å². The molecule has 0 atom stereocenters. The SMILES string of the molecule is CCc1nn(C)c2nc(OCC(C)=O)c3ccccc3c12. The van der Waals surface area contributed by atoms with Gasteiger partial charge in [-0.25, -0.2) is 0 Å². The molecule has 3 rings (SSSR count). The molecule has 0 unspecified atom stereocenters. The van der Waals surface area contributed by atoms with E-state index in [4.69, 9.17) is 4.74 Å². The van der Waals surface area contributed by atoms with E-state index < -0.39 is 0 Å². The van der Waals surface area contributed by atoms with Gasteiger partial charge in [0.25, 0.3) is 0 Å². The van der Waals surface area contributed by atoms with Crippen molar-refractivity contribution in [2.45, 2.75) is 20.3 Å². The van der Waals surface area contributed by atoms with E-state index in [1.165, 1.54) is 6.92 Å². The van der Waals surface area contributed by atoms with Gasteiger partial charge in [0.2, 0.25) is 5.88 Å². The molecule has 0 spiro atoms. The van der Waals surface area contributed by atoms with Crippen LogP contribution in [0.15, 0.2) is 24.3 Å². The van der Waals surface area contributed by atoms with Crippen molar-refractivity contribution in [1.29, 1.82) is 0 Å². The number of carbonyl (C=O) groups is 1. The van der Waals surface area contributed by atoms with Gasteiger partial charge in [-0.3, -0.25) is 9.48 Å². The van der Waals surface area contributed by atoms with E-state index in [9.17, 15) is 4.79 Å². The Morgan fingerprint density at radius 2 is 2.00 bits per heavy atom. The predicted molar refractivity (Wildman–Crippen MR) is 81.6 cm³/mol. The molecular weight excluding hydrogens is 266 g/mol. The average molecular weight is 283 g/mol. The van der Waals surface area contributed by atoms with Crippen molar-refractivity contribution >= 4 is 27.6 Å². The zero-order chi connectivity index (χ0) is 15.0. The quantitative estimate of drug-likeness (QED) is 0.738. The number of Topliss-reactive ketones (excluding diaryl/α,β-unsaturated/α-hetero) is 1. The maximum atomic E-state index is 11.2. The number of fused-ring (bicyclic) bond motifs is 3. The Bertz CT molecular complexity index is 836. The fourth-order valence-electron chi connectivity index (χ4n) is 2.54. The van der Waals surface area contributed by atoms with Crippen LogP contribution in [-0.2, 0) is 18.3 Å². The molecule has 0 fully saturated rings. The summed E-state index contributed by atoms with van der Waals surface area (Å²) < 4.78 is 7.35. The molecule has 0 aliphatic carbocycles. The minimum absolute atomic E-state index is 0.0276. The van der Waals surface area contributed by atoms with Crippen LogP contribution in [0.2, 0.25) is 0 Å². The van der Waals surface area contributed by atoms with Crippen molar-refractivity contribution < 1.29 is 9.53 Å². The number of hydrogen-bond acceptors (Lipinski definition) is 4. The standard InChI is InChI=1S/C16H17N3O2/c1-4-13-14-11-7-5-6-8-12(11)16(21-9-10(2)20)17-15(14)19(3)18-13/h5-8H,4,9H2,1-3H3. The van der Waals surface area contributed by atoms with Crippen molar-refractivity contribution in [2.75, 3.05) is 6.61 Å².